The lowest BCUT2D eigenvalue weighted by molar-refractivity contribution is 0.00722. The lowest BCUT2D eigenvalue weighted by atomic mass is 9.95. The van der Waals surface area contributed by atoms with Crippen LogP contribution in [0.5, 0.6) is 0 Å². The van der Waals surface area contributed by atoms with Crippen LogP contribution in [0.25, 0.3) is 32.9 Å². The number of carbonyl (C=O) groups is 1. The van der Waals surface area contributed by atoms with Gasteiger partial charge in [-0.1, -0.05) is 48.9 Å². The number of aromatic nitrogens is 3. The van der Waals surface area contributed by atoms with Gasteiger partial charge in [-0.3, -0.25) is 4.90 Å². The minimum absolute atomic E-state index is 0.0372. The molecule has 0 radical (unpaired) electrons. The molecule has 2 bridgehead atoms. The van der Waals surface area contributed by atoms with Gasteiger partial charge in [-0.25, -0.2) is 28.5 Å². The van der Waals surface area contributed by atoms with Gasteiger partial charge in [-0.2, -0.15) is 0 Å². The van der Waals surface area contributed by atoms with Gasteiger partial charge in [-0.05, 0) is 63.7 Å². The lowest BCUT2D eigenvalue weighted by Crippen LogP contribution is -2.62. The number of pyridine rings is 1. The zero-order valence-electron chi connectivity index (χ0n) is 25.2. The molecule has 0 unspecified atom stereocenters. The fraction of sp³-hybridized carbons (Fsp3) is 0.412. The molecule has 44 heavy (non-hydrogen) atoms. The van der Waals surface area contributed by atoms with Crippen LogP contribution in [0.4, 0.5) is 19.4 Å². The Balaban J connectivity index is 1.41. The van der Waals surface area contributed by atoms with Gasteiger partial charge in [0.1, 0.15) is 28.4 Å². The Labute approximate surface area is 259 Å². The topological polar surface area (TPSA) is 71.5 Å². The maximum absolute atomic E-state index is 16.8. The van der Waals surface area contributed by atoms with E-state index < -0.39 is 17.2 Å². The number of carbonyl (C=O) groups excluding carboxylic acids is 1. The van der Waals surface area contributed by atoms with E-state index in [0.29, 0.717) is 63.5 Å². The van der Waals surface area contributed by atoms with Gasteiger partial charge >= 0.3 is 6.09 Å². The average molecular weight is 614 g/mol. The third-order valence-corrected chi connectivity index (χ3v) is 9.57. The van der Waals surface area contributed by atoms with Crippen LogP contribution in [0.15, 0.2) is 35.5 Å². The number of amides is 1. The van der Waals surface area contributed by atoms with Crippen molar-refractivity contribution in [2.75, 3.05) is 17.2 Å². The van der Waals surface area contributed by atoms with Gasteiger partial charge < -0.3 is 9.64 Å². The summed E-state index contributed by atoms with van der Waals surface area (Å²) in [5.41, 5.74) is 0.876. The number of hydrogen-bond donors (Lipinski definition) is 0. The highest BCUT2D eigenvalue weighted by Gasteiger charge is 2.51. The van der Waals surface area contributed by atoms with Gasteiger partial charge in [0.15, 0.2) is 11.0 Å². The molecule has 0 N–H and O–H groups in total. The summed E-state index contributed by atoms with van der Waals surface area (Å²) in [6, 6.07) is 8.18. The summed E-state index contributed by atoms with van der Waals surface area (Å²) >= 11 is 1.45. The molecule has 2 aromatic heterocycles. The van der Waals surface area contributed by atoms with E-state index in [1.807, 2.05) is 38.7 Å². The second kappa shape index (κ2) is 10.6. The van der Waals surface area contributed by atoms with Crippen molar-refractivity contribution in [1.82, 2.24) is 19.9 Å². The number of thioether (sulfide) groups is 1. The molecule has 1 amide bonds. The number of piperazine rings is 1. The molecule has 3 atom stereocenters. The number of aryl methyl sites for hydroxylation is 1. The standard InChI is InChI=1S/C34H33F2N5O2S/c1-6-20-22(35)13-11-18-9-8-10-21(26(18)20)29-28(36)30-27-23(37-29)14-16-24-25-15-12-19(41(25)33(42)43-34(3,4)5)17-40(24)31(27)39-32(38-30)44-7-2/h1,8-11,13,19,24-25H,7,12,14-17H2,2-5H3/t19-,24+,25+/m1/s1. The molecule has 226 valence electrons. The van der Waals surface area contributed by atoms with E-state index in [-0.39, 0.29) is 41.0 Å². The lowest BCUT2D eigenvalue weighted by Gasteiger charge is -2.47. The molecule has 2 saturated heterocycles. The van der Waals surface area contributed by atoms with Crippen molar-refractivity contribution >= 4 is 45.3 Å². The molecule has 2 aromatic carbocycles. The molecule has 2 fully saturated rings. The fourth-order valence-corrected chi connectivity index (χ4v) is 7.74. The normalized spacial score (nSPS) is 20.9. The van der Waals surface area contributed by atoms with E-state index in [2.05, 4.69) is 10.8 Å². The molecule has 7 nitrogen and oxygen atoms in total. The Morgan fingerprint density at radius 2 is 1.91 bits per heavy atom. The van der Waals surface area contributed by atoms with Crippen molar-refractivity contribution in [3.8, 4) is 23.6 Å². The highest BCUT2D eigenvalue weighted by atomic mass is 32.2. The summed E-state index contributed by atoms with van der Waals surface area (Å²) in [6.45, 7) is 8.21. The Morgan fingerprint density at radius 3 is 2.66 bits per heavy atom. The highest BCUT2D eigenvalue weighted by Crippen LogP contribution is 2.45. The van der Waals surface area contributed by atoms with E-state index in [0.717, 1.165) is 12.8 Å². The van der Waals surface area contributed by atoms with Crippen molar-refractivity contribution in [2.24, 2.45) is 0 Å². The Morgan fingerprint density at radius 1 is 1.09 bits per heavy atom. The largest absolute Gasteiger partial charge is 0.444 e. The average Bonchev–Trinajstić information content (AvgIpc) is 3.22. The van der Waals surface area contributed by atoms with Crippen LogP contribution in [-0.2, 0) is 11.2 Å². The minimum Gasteiger partial charge on any atom is -0.444 e. The Hall–Kier alpha value is -3.97. The van der Waals surface area contributed by atoms with Crippen LogP contribution in [0.2, 0.25) is 0 Å². The molecule has 0 aliphatic carbocycles. The molecule has 3 aliphatic rings. The van der Waals surface area contributed by atoms with Gasteiger partial charge in [0.25, 0.3) is 0 Å². The van der Waals surface area contributed by atoms with Crippen LogP contribution in [0.3, 0.4) is 0 Å². The van der Waals surface area contributed by atoms with Crippen LogP contribution in [-0.4, -0.2) is 62.0 Å². The van der Waals surface area contributed by atoms with Gasteiger partial charge in [0.05, 0.1) is 34.8 Å². The highest BCUT2D eigenvalue weighted by molar-refractivity contribution is 7.99. The van der Waals surface area contributed by atoms with Gasteiger partial charge in [0.2, 0.25) is 0 Å². The molecular weight excluding hydrogens is 580 g/mol. The molecule has 0 spiro atoms. The van der Waals surface area contributed by atoms with Crippen molar-refractivity contribution in [3.05, 3.63) is 53.2 Å². The predicted molar refractivity (Wildman–Crippen MR) is 169 cm³/mol. The molecule has 3 aliphatic heterocycles. The van der Waals surface area contributed by atoms with Crippen molar-refractivity contribution in [3.63, 3.8) is 0 Å². The van der Waals surface area contributed by atoms with Crippen LogP contribution >= 0.6 is 11.8 Å². The summed E-state index contributed by atoms with van der Waals surface area (Å²) in [5.74, 6) is 2.71. The zero-order chi connectivity index (χ0) is 30.9. The zero-order valence-corrected chi connectivity index (χ0v) is 26.0. The van der Waals surface area contributed by atoms with E-state index >= 15 is 4.39 Å². The summed E-state index contributed by atoms with van der Waals surface area (Å²) in [5, 5.41) is 2.22. The Bertz CT molecular complexity index is 1880. The number of hydrogen-bond acceptors (Lipinski definition) is 7. The maximum Gasteiger partial charge on any atom is 0.410 e. The van der Waals surface area contributed by atoms with Crippen LogP contribution in [0, 0.1) is 24.0 Å². The molecule has 10 heteroatoms. The van der Waals surface area contributed by atoms with Crippen molar-refractivity contribution in [1.29, 1.82) is 0 Å². The second-order valence-electron chi connectivity index (χ2n) is 12.6. The number of nitrogens with zero attached hydrogens (tertiary/aromatic N) is 5. The van der Waals surface area contributed by atoms with Crippen LogP contribution < -0.4 is 4.90 Å². The SMILES string of the molecule is C#Cc1c(F)ccc2cccc(-c3nc4c5c(nc(SCC)nc5c3F)N3C[C@H]5CC[C@@H]([C@@H]3CC4)N5C(=O)OC(C)(C)C)c12. The third kappa shape index (κ3) is 4.55. The monoisotopic (exact) mass is 613 g/mol. The first-order valence-corrected chi connectivity index (χ1v) is 16.1. The first-order chi connectivity index (χ1) is 21.1. The number of terminal acetylenes is 1. The van der Waals surface area contributed by atoms with Gasteiger partial charge in [0, 0.05) is 17.5 Å². The first-order valence-electron chi connectivity index (χ1n) is 15.1. The number of anilines is 1. The van der Waals surface area contributed by atoms with E-state index in [9.17, 15) is 9.18 Å². The van der Waals surface area contributed by atoms with Crippen molar-refractivity contribution < 1.29 is 18.3 Å². The van der Waals surface area contributed by atoms with E-state index in [1.165, 1.54) is 17.8 Å². The van der Waals surface area contributed by atoms with Gasteiger partial charge in [-0.15, -0.1) is 6.42 Å². The number of fused-ring (bicyclic) bond motifs is 6. The Kier molecular flexibility index (Phi) is 6.92. The molecule has 5 heterocycles. The first kappa shape index (κ1) is 28.8. The predicted octanol–water partition coefficient (Wildman–Crippen LogP) is 7.12. The molecule has 7 rings (SSSR count). The third-order valence-electron chi connectivity index (χ3n) is 8.84. The van der Waals surface area contributed by atoms with E-state index in [4.69, 9.17) is 26.1 Å². The summed E-state index contributed by atoms with van der Waals surface area (Å²) < 4.78 is 37.5. The number of benzene rings is 2. The summed E-state index contributed by atoms with van der Waals surface area (Å²) in [6.07, 6.45) is 8.40. The fourth-order valence-electron chi connectivity index (χ4n) is 7.17. The summed E-state index contributed by atoms with van der Waals surface area (Å²) in [7, 11) is 0. The maximum atomic E-state index is 16.8. The molecule has 0 saturated carbocycles. The van der Waals surface area contributed by atoms with Crippen molar-refractivity contribution in [2.45, 2.75) is 82.3 Å². The number of halogens is 2. The second-order valence-corrected chi connectivity index (χ2v) is 13.9. The number of ether oxygens (including phenoxy) is 1. The molecular formula is C34H33F2N5O2S. The minimum atomic E-state index is -0.597. The smallest absolute Gasteiger partial charge is 0.410 e. The summed E-state index contributed by atoms with van der Waals surface area (Å²) in [4.78, 5) is 32.2. The van der Waals surface area contributed by atoms with Crippen LogP contribution in [0.1, 0.15) is 58.2 Å². The molecule has 4 aromatic rings. The number of rotatable bonds is 3. The van der Waals surface area contributed by atoms with E-state index in [1.54, 1.807) is 18.2 Å². The quantitative estimate of drug-likeness (QED) is 0.138.